The Morgan fingerprint density at radius 2 is 1.83 bits per heavy atom. The van der Waals surface area contributed by atoms with E-state index in [0.717, 1.165) is 12.1 Å². The minimum atomic E-state index is -4.62. The first-order valence-electron chi connectivity index (χ1n) is 5.13. The van der Waals surface area contributed by atoms with E-state index in [9.17, 15) is 22.8 Å². The van der Waals surface area contributed by atoms with Crippen LogP contribution in [0.5, 0.6) is 0 Å². The Balaban J connectivity index is 2.52. The molecule has 0 radical (unpaired) electrons. The molecule has 0 spiro atoms. The molecule has 0 aliphatic carbocycles. The van der Waals surface area contributed by atoms with Crippen molar-refractivity contribution in [1.82, 2.24) is 5.32 Å². The number of hydrogen-bond donors (Lipinski definition) is 1. The molecule has 1 aromatic rings. The second-order valence-electron chi connectivity index (χ2n) is 3.86. The molecule has 3 amide bonds. The van der Waals surface area contributed by atoms with Gasteiger partial charge in [0.2, 0.25) is 0 Å². The van der Waals surface area contributed by atoms with Crippen LogP contribution in [0.2, 0.25) is 0 Å². The maximum Gasteiger partial charge on any atom is 0.418 e. The highest BCUT2D eigenvalue weighted by Gasteiger charge is 2.42. The van der Waals surface area contributed by atoms with Crippen LogP contribution < -0.4 is 10.2 Å². The molecule has 1 fully saturated rings. The van der Waals surface area contributed by atoms with E-state index in [-0.39, 0.29) is 0 Å². The van der Waals surface area contributed by atoms with Gasteiger partial charge in [0.25, 0.3) is 5.91 Å². The maximum atomic E-state index is 12.8. The summed E-state index contributed by atoms with van der Waals surface area (Å²) < 4.78 is 38.4. The molecule has 4 nitrogen and oxygen atoms in total. The van der Waals surface area contributed by atoms with E-state index < -0.39 is 35.4 Å². The average Bonchev–Trinajstić information content (AvgIpc) is 2.52. The van der Waals surface area contributed by atoms with E-state index >= 15 is 0 Å². The van der Waals surface area contributed by atoms with Crippen molar-refractivity contribution >= 4 is 17.6 Å². The number of alkyl halides is 3. The number of amides is 3. The van der Waals surface area contributed by atoms with Crippen LogP contribution in [0.3, 0.4) is 0 Å². The van der Waals surface area contributed by atoms with Crippen LogP contribution in [0.15, 0.2) is 24.3 Å². The molecule has 1 unspecified atom stereocenters. The summed E-state index contributed by atoms with van der Waals surface area (Å²) in [4.78, 5) is 23.7. The Bertz CT molecular complexity index is 513. The molecule has 1 heterocycles. The summed E-state index contributed by atoms with van der Waals surface area (Å²) in [6.07, 6.45) is -4.62. The number of para-hydroxylation sites is 1. The summed E-state index contributed by atoms with van der Waals surface area (Å²) in [5.41, 5.74) is -1.46. The number of nitrogens with zero attached hydrogens (tertiary/aromatic N) is 1. The molecule has 96 valence electrons. The predicted molar refractivity (Wildman–Crippen MR) is 56.9 cm³/mol. The van der Waals surface area contributed by atoms with Crippen LogP contribution in [0, 0.1) is 0 Å². The normalized spacial score (nSPS) is 20.2. The zero-order valence-electron chi connectivity index (χ0n) is 9.28. The molecule has 1 aliphatic heterocycles. The van der Waals surface area contributed by atoms with Gasteiger partial charge < -0.3 is 5.32 Å². The van der Waals surface area contributed by atoms with E-state index in [2.05, 4.69) is 5.32 Å². The Morgan fingerprint density at radius 1 is 1.22 bits per heavy atom. The van der Waals surface area contributed by atoms with E-state index in [0.29, 0.717) is 4.90 Å². The quantitative estimate of drug-likeness (QED) is 0.784. The smallest absolute Gasteiger partial charge is 0.326 e. The summed E-state index contributed by atoms with van der Waals surface area (Å²) in [6.45, 7) is 1.41. The number of carbonyl (C=O) groups excluding carboxylic acids is 2. The zero-order valence-corrected chi connectivity index (χ0v) is 9.28. The highest BCUT2D eigenvalue weighted by Crippen LogP contribution is 2.37. The largest absolute Gasteiger partial charge is 0.418 e. The lowest BCUT2D eigenvalue weighted by atomic mass is 10.1. The zero-order chi connectivity index (χ0) is 13.5. The fourth-order valence-electron chi connectivity index (χ4n) is 1.74. The van der Waals surface area contributed by atoms with Gasteiger partial charge in [0.05, 0.1) is 11.3 Å². The number of anilines is 1. The van der Waals surface area contributed by atoms with Gasteiger partial charge in [-0.3, -0.25) is 4.79 Å². The second kappa shape index (κ2) is 4.01. The Kier molecular flexibility index (Phi) is 2.76. The van der Waals surface area contributed by atoms with Crippen LogP contribution in [0.1, 0.15) is 12.5 Å². The third-order valence-electron chi connectivity index (χ3n) is 2.58. The van der Waals surface area contributed by atoms with Gasteiger partial charge in [-0.25, -0.2) is 9.69 Å². The lowest BCUT2D eigenvalue weighted by Gasteiger charge is -2.18. The third-order valence-corrected chi connectivity index (χ3v) is 2.58. The van der Waals surface area contributed by atoms with Crippen molar-refractivity contribution in [3.8, 4) is 0 Å². The minimum Gasteiger partial charge on any atom is -0.326 e. The molecule has 2 rings (SSSR count). The highest BCUT2D eigenvalue weighted by molar-refractivity contribution is 6.21. The molecule has 1 saturated heterocycles. The van der Waals surface area contributed by atoms with Crippen molar-refractivity contribution < 1.29 is 22.8 Å². The van der Waals surface area contributed by atoms with Crippen molar-refractivity contribution in [3.63, 3.8) is 0 Å². The van der Waals surface area contributed by atoms with Crippen molar-refractivity contribution in [2.45, 2.75) is 19.1 Å². The molecule has 18 heavy (non-hydrogen) atoms. The predicted octanol–water partition coefficient (Wildman–Crippen LogP) is 2.15. The van der Waals surface area contributed by atoms with Gasteiger partial charge in [-0.2, -0.15) is 13.2 Å². The van der Waals surface area contributed by atoms with Crippen LogP contribution in [-0.4, -0.2) is 18.0 Å². The van der Waals surface area contributed by atoms with Gasteiger partial charge in [-0.1, -0.05) is 12.1 Å². The number of benzene rings is 1. The Morgan fingerprint density at radius 3 is 2.33 bits per heavy atom. The van der Waals surface area contributed by atoms with Gasteiger partial charge >= 0.3 is 12.2 Å². The molecule has 0 saturated carbocycles. The van der Waals surface area contributed by atoms with Crippen LogP contribution in [0.4, 0.5) is 23.7 Å². The Hall–Kier alpha value is -2.05. The monoisotopic (exact) mass is 258 g/mol. The van der Waals surface area contributed by atoms with E-state index in [1.807, 2.05) is 0 Å². The summed E-state index contributed by atoms with van der Waals surface area (Å²) in [5, 5.41) is 2.26. The first kappa shape index (κ1) is 12.4. The fourth-order valence-corrected chi connectivity index (χ4v) is 1.74. The molecule has 1 N–H and O–H groups in total. The van der Waals surface area contributed by atoms with E-state index in [4.69, 9.17) is 0 Å². The summed E-state index contributed by atoms with van der Waals surface area (Å²) >= 11 is 0. The highest BCUT2D eigenvalue weighted by atomic mass is 19.4. The molecular formula is C11H9F3N2O2. The van der Waals surface area contributed by atoms with Crippen molar-refractivity contribution in [2.75, 3.05) is 4.90 Å². The van der Waals surface area contributed by atoms with Gasteiger partial charge in [0.1, 0.15) is 6.04 Å². The molecule has 7 heteroatoms. The number of imide groups is 1. The molecule has 0 aromatic heterocycles. The Labute approximate surface area is 100 Å². The first-order chi connectivity index (χ1) is 8.32. The maximum absolute atomic E-state index is 12.8. The van der Waals surface area contributed by atoms with Gasteiger partial charge in [0, 0.05) is 0 Å². The van der Waals surface area contributed by atoms with Gasteiger partial charge in [0.15, 0.2) is 0 Å². The molecule has 1 aromatic carbocycles. The van der Waals surface area contributed by atoms with Crippen molar-refractivity contribution in [3.05, 3.63) is 29.8 Å². The molecule has 1 aliphatic rings. The van der Waals surface area contributed by atoms with E-state index in [1.54, 1.807) is 0 Å². The fraction of sp³-hybridized carbons (Fsp3) is 0.273. The number of hydrogen-bond acceptors (Lipinski definition) is 2. The number of halogens is 3. The second-order valence-corrected chi connectivity index (χ2v) is 3.86. The van der Waals surface area contributed by atoms with Crippen LogP contribution in [-0.2, 0) is 11.0 Å². The molecular weight excluding hydrogens is 249 g/mol. The summed E-state index contributed by atoms with van der Waals surface area (Å²) in [5.74, 6) is -0.698. The number of nitrogens with one attached hydrogen (secondary N) is 1. The van der Waals surface area contributed by atoms with Crippen LogP contribution >= 0.6 is 0 Å². The summed E-state index contributed by atoms with van der Waals surface area (Å²) in [7, 11) is 0. The SMILES string of the molecule is CC1NC(=O)N(c2ccccc2C(F)(F)F)C1=O. The molecule has 0 bridgehead atoms. The molecule has 1 atom stereocenters. The lowest BCUT2D eigenvalue weighted by molar-refractivity contribution is -0.137. The number of rotatable bonds is 1. The van der Waals surface area contributed by atoms with Crippen molar-refractivity contribution in [2.24, 2.45) is 0 Å². The number of urea groups is 1. The minimum absolute atomic E-state index is 0.447. The average molecular weight is 258 g/mol. The van der Waals surface area contributed by atoms with E-state index in [1.165, 1.54) is 19.1 Å². The van der Waals surface area contributed by atoms with Crippen molar-refractivity contribution in [1.29, 1.82) is 0 Å². The topological polar surface area (TPSA) is 49.4 Å². The third kappa shape index (κ3) is 1.92. The standard InChI is InChI=1S/C11H9F3N2O2/c1-6-9(17)16(10(18)15-6)8-5-3-2-4-7(8)11(12,13)14/h2-6H,1H3,(H,15,18). The van der Waals surface area contributed by atoms with Crippen LogP contribution in [0.25, 0.3) is 0 Å². The number of carbonyl (C=O) groups is 2. The van der Waals surface area contributed by atoms with Gasteiger partial charge in [-0.05, 0) is 19.1 Å². The van der Waals surface area contributed by atoms with Gasteiger partial charge in [-0.15, -0.1) is 0 Å². The summed E-state index contributed by atoms with van der Waals surface area (Å²) in [6, 6.07) is 2.81. The lowest BCUT2D eigenvalue weighted by Crippen LogP contribution is -2.32. The first-order valence-corrected chi connectivity index (χ1v) is 5.13.